The summed E-state index contributed by atoms with van der Waals surface area (Å²) < 4.78 is 7.68. The van der Waals surface area contributed by atoms with Gasteiger partial charge in [-0.1, -0.05) is 57.8 Å². The van der Waals surface area contributed by atoms with Crippen LogP contribution in [0.25, 0.3) is 10.9 Å². The van der Waals surface area contributed by atoms with Crippen LogP contribution in [-0.4, -0.2) is 18.2 Å². The maximum atomic E-state index is 10.4. The van der Waals surface area contributed by atoms with Gasteiger partial charge < -0.3 is 26.8 Å². The summed E-state index contributed by atoms with van der Waals surface area (Å²) in [6.07, 6.45) is 17.4. The van der Waals surface area contributed by atoms with Crippen LogP contribution in [0, 0.1) is 0 Å². The monoisotopic (exact) mass is 479 g/mol. The Labute approximate surface area is 192 Å². The number of carboxylic acids is 1. The molecule has 168 valence electrons. The van der Waals surface area contributed by atoms with E-state index in [0.717, 1.165) is 25.1 Å². The third-order valence-corrected chi connectivity index (χ3v) is 5.63. The van der Waals surface area contributed by atoms with Crippen molar-refractivity contribution in [2.45, 2.75) is 90.0 Å². The Morgan fingerprint density at radius 2 is 1.43 bits per heavy atom. The minimum Gasteiger partial charge on any atom is -1.00 e. The van der Waals surface area contributed by atoms with E-state index >= 15 is 0 Å². The number of methoxy groups -OCH3 is 1. The Bertz CT molecular complexity index is 735. The molecule has 0 saturated carbocycles. The highest BCUT2D eigenvalue weighted by Gasteiger charge is 2.08. The molecule has 1 aromatic heterocycles. The molecule has 0 radical (unpaired) electrons. The maximum absolute atomic E-state index is 10.4. The molecule has 1 aromatic carbocycles. The van der Waals surface area contributed by atoms with Gasteiger partial charge in [0.2, 0.25) is 5.52 Å². The van der Waals surface area contributed by atoms with Gasteiger partial charge in [-0.05, 0) is 31.0 Å². The third-order valence-electron chi connectivity index (χ3n) is 5.63. The Kier molecular flexibility index (Phi) is 14.2. The van der Waals surface area contributed by atoms with Crippen LogP contribution >= 0.6 is 0 Å². The van der Waals surface area contributed by atoms with Gasteiger partial charge in [0.15, 0.2) is 6.20 Å². The second-order valence-electron chi connectivity index (χ2n) is 8.01. The van der Waals surface area contributed by atoms with Gasteiger partial charge in [-0.2, -0.15) is 4.57 Å². The van der Waals surface area contributed by atoms with Crippen molar-refractivity contribution < 1.29 is 36.2 Å². The van der Waals surface area contributed by atoms with Crippen molar-refractivity contribution in [2.24, 2.45) is 0 Å². The van der Waals surface area contributed by atoms with Crippen LogP contribution in [0.5, 0.6) is 5.75 Å². The number of nitrogens with zero attached hydrogens (tertiary/aromatic N) is 1. The summed E-state index contributed by atoms with van der Waals surface area (Å²) in [6, 6.07) is 10.6. The first-order valence-corrected chi connectivity index (χ1v) is 11.4. The Hall–Kier alpha value is -1.62. The van der Waals surface area contributed by atoms with Crippen molar-refractivity contribution in [2.75, 3.05) is 7.11 Å². The number of ether oxygens (including phenoxy) is 1. The molecular formula is C25H38BrNO3. The average Bonchev–Trinajstić information content (AvgIpc) is 2.73. The highest BCUT2D eigenvalue weighted by Crippen LogP contribution is 2.18. The molecule has 0 spiro atoms. The first-order chi connectivity index (χ1) is 14.2. The van der Waals surface area contributed by atoms with E-state index in [-0.39, 0.29) is 17.0 Å². The number of carbonyl (C=O) groups is 1. The second kappa shape index (κ2) is 16.1. The van der Waals surface area contributed by atoms with E-state index in [4.69, 9.17) is 9.84 Å². The summed E-state index contributed by atoms with van der Waals surface area (Å²) in [4.78, 5) is 10.4. The number of carboxylic acid groups (broad SMARTS) is 1. The fourth-order valence-corrected chi connectivity index (χ4v) is 3.91. The van der Waals surface area contributed by atoms with Crippen LogP contribution in [0.1, 0.15) is 83.5 Å². The maximum Gasteiger partial charge on any atom is 0.303 e. The predicted molar refractivity (Wildman–Crippen MR) is 118 cm³/mol. The molecule has 1 heterocycles. The van der Waals surface area contributed by atoms with Crippen LogP contribution < -0.4 is 26.3 Å². The minimum absolute atomic E-state index is 0. The number of benzene rings is 1. The normalized spacial score (nSPS) is 10.7. The molecule has 0 bridgehead atoms. The number of pyridine rings is 1. The van der Waals surface area contributed by atoms with Gasteiger partial charge in [-0.25, -0.2) is 0 Å². The van der Waals surface area contributed by atoms with E-state index < -0.39 is 5.97 Å². The van der Waals surface area contributed by atoms with Crippen LogP contribution in [-0.2, 0) is 11.3 Å². The van der Waals surface area contributed by atoms with Gasteiger partial charge in [-0.15, -0.1) is 0 Å². The lowest BCUT2D eigenvalue weighted by molar-refractivity contribution is -0.671. The van der Waals surface area contributed by atoms with Crippen molar-refractivity contribution in [3.63, 3.8) is 0 Å². The highest BCUT2D eigenvalue weighted by molar-refractivity contribution is 5.77. The number of hydrogen-bond acceptors (Lipinski definition) is 2. The van der Waals surface area contributed by atoms with Crippen molar-refractivity contribution in [3.8, 4) is 5.75 Å². The summed E-state index contributed by atoms with van der Waals surface area (Å²) in [5.74, 6) is 0.245. The standard InChI is InChI=1S/C25H37NO3.BrH/c1-29-23-17-18-24-22(21-23)15-14-20-26(24)19-13-11-9-7-5-3-2-4-6-8-10-12-16-25(27)28;/h14-15,17-18,20-21H,2-13,16,19H2,1H3;1H. The SMILES string of the molecule is COc1ccc2c(ccc[n+]2CCCCCCCCCCCCCCC(=O)O)c1.[Br-]. The van der Waals surface area contributed by atoms with E-state index in [9.17, 15) is 4.79 Å². The van der Waals surface area contributed by atoms with Crippen LogP contribution in [0.3, 0.4) is 0 Å². The molecule has 2 rings (SSSR count). The number of aromatic nitrogens is 1. The zero-order valence-electron chi connectivity index (χ0n) is 18.5. The first kappa shape index (κ1) is 26.4. The number of aryl methyl sites for hydroxylation is 1. The lowest BCUT2D eigenvalue weighted by Crippen LogP contribution is -3.00. The summed E-state index contributed by atoms with van der Waals surface area (Å²) >= 11 is 0. The van der Waals surface area contributed by atoms with Gasteiger partial charge in [-0.3, -0.25) is 4.79 Å². The van der Waals surface area contributed by atoms with Gasteiger partial charge in [0.1, 0.15) is 12.3 Å². The van der Waals surface area contributed by atoms with E-state index in [1.54, 1.807) is 7.11 Å². The topological polar surface area (TPSA) is 50.4 Å². The molecule has 2 aromatic rings. The van der Waals surface area contributed by atoms with Crippen LogP contribution in [0.2, 0.25) is 0 Å². The minimum atomic E-state index is -0.665. The number of fused-ring (bicyclic) bond motifs is 1. The predicted octanol–water partition coefficient (Wildman–Crippen LogP) is 3.30. The van der Waals surface area contributed by atoms with Gasteiger partial charge in [0, 0.05) is 25.0 Å². The van der Waals surface area contributed by atoms with Gasteiger partial charge in [0.25, 0.3) is 0 Å². The highest BCUT2D eigenvalue weighted by atomic mass is 79.9. The fraction of sp³-hybridized carbons (Fsp3) is 0.600. The molecule has 0 saturated heterocycles. The summed E-state index contributed by atoms with van der Waals surface area (Å²) in [5, 5.41) is 9.83. The molecule has 4 nitrogen and oxygen atoms in total. The lowest BCUT2D eigenvalue weighted by Gasteiger charge is -2.04. The molecule has 0 amide bonds. The zero-order chi connectivity index (χ0) is 20.7. The Morgan fingerprint density at radius 1 is 0.867 bits per heavy atom. The van der Waals surface area contributed by atoms with Crippen molar-refractivity contribution in [1.29, 1.82) is 0 Å². The molecule has 1 N–H and O–H groups in total. The second-order valence-corrected chi connectivity index (χ2v) is 8.01. The number of unbranched alkanes of at least 4 members (excludes halogenated alkanes) is 11. The Morgan fingerprint density at radius 3 is 2.00 bits per heavy atom. The molecule has 0 aliphatic rings. The van der Waals surface area contributed by atoms with Gasteiger partial charge in [0.05, 0.1) is 12.5 Å². The molecule has 30 heavy (non-hydrogen) atoms. The van der Waals surface area contributed by atoms with Crippen molar-refractivity contribution in [3.05, 3.63) is 36.5 Å². The number of halogens is 1. The van der Waals surface area contributed by atoms with Crippen molar-refractivity contribution >= 4 is 16.9 Å². The number of rotatable bonds is 16. The van der Waals surface area contributed by atoms with Gasteiger partial charge >= 0.3 is 5.97 Å². The number of aliphatic carboxylic acids is 1. The van der Waals surface area contributed by atoms with Crippen molar-refractivity contribution in [1.82, 2.24) is 0 Å². The van der Waals surface area contributed by atoms with E-state index in [2.05, 4.69) is 35.0 Å². The molecule has 0 aliphatic heterocycles. The fourth-order valence-electron chi connectivity index (χ4n) is 3.91. The molecule has 0 aliphatic carbocycles. The smallest absolute Gasteiger partial charge is 0.303 e. The molecule has 0 unspecified atom stereocenters. The first-order valence-electron chi connectivity index (χ1n) is 11.4. The quantitative estimate of drug-likeness (QED) is 0.296. The lowest BCUT2D eigenvalue weighted by atomic mass is 10.0. The summed E-state index contributed by atoms with van der Waals surface area (Å²) in [6.45, 7) is 1.07. The molecular weight excluding hydrogens is 442 g/mol. The van der Waals surface area contributed by atoms with E-state index in [0.29, 0.717) is 6.42 Å². The van der Waals surface area contributed by atoms with E-state index in [1.165, 1.54) is 75.1 Å². The molecule has 5 heteroatoms. The summed E-state index contributed by atoms with van der Waals surface area (Å²) in [5.41, 5.74) is 1.27. The van der Waals surface area contributed by atoms with E-state index in [1.807, 2.05) is 6.07 Å². The zero-order valence-corrected chi connectivity index (χ0v) is 20.0. The van der Waals surface area contributed by atoms with Crippen LogP contribution in [0.15, 0.2) is 36.5 Å². The van der Waals surface area contributed by atoms with Crippen LogP contribution in [0.4, 0.5) is 0 Å². The average molecular weight is 480 g/mol. The molecule has 0 fully saturated rings. The largest absolute Gasteiger partial charge is 1.00 e. The molecule has 0 atom stereocenters. The third kappa shape index (κ3) is 10.4. The Balaban J connectivity index is 0.00000450. The number of hydrogen-bond donors (Lipinski definition) is 1. The summed E-state index contributed by atoms with van der Waals surface area (Å²) in [7, 11) is 1.71.